The maximum atomic E-state index is 13.6. The second-order valence-electron chi connectivity index (χ2n) is 10.8. The third kappa shape index (κ3) is 4.43. The Morgan fingerprint density at radius 3 is 2.42 bits per heavy atom. The highest BCUT2D eigenvalue weighted by molar-refractivity contribution is 7.22. The molecule has 1 spiro atoms. The van der Waals surface area contributed by atoms with E-state index in [0.29, 0.717) is 13.1 Å². The molecule has 0 bridgehead atoms. The van der Waals surface area contributed by atoms with Crippen LogP contribution in [-0.4, -0.2) is 65.2 Å². The van der Waals surface area contributed by atoms with Crippen molar-refractivity contribution in [3.05, 3.63) is 59.7 Å². The molecule has 3 heterocycles. The Bertz CT molecular complexity index is 1260. The van der Waals surface area contributed by atoms with Crippen LogP contribution >= 0.6 is 11.3 Å². The van der Waals surface area contributed by atoms with Gasteiger partial charge in [0.05, 0.1) is 22.3 Å². The number of rotatable bonds is 4. The number of fused-ring (bicyclic) bond motifs is 1. The Hall–Kier alpha value is -2.78. The number of hydrogen-bond acceptors (Lipinski definition) is 6. The minimum Gasteiger partial charge on any atom is -0.446 e. The van der Waals surface area contributed by atoms with Crippen molar-refractivity contribution in [3.8, 4) is 0 Å². The lowest BCUT2D eigenvalue weighted by atomic mass is 9.61. The number of thiazole rings is 1. The molecule has 1 aliphatic carbocycles. The highest BCUT2D eigenvalue weighted by Gasteiger charge is 2.54. The maximum Gasteiger partial charge on any atom is 0.410 e. The van der Waals surface area contributed by atoms with Crippen molar-refractivity contribution in [2.45, 2.75) is 51.4 Å². The van der Waals surface area contributed by atoms with Crippen LogP contribution in [0.5, 0.6) is 0 Å². The molecule has 3 aliphatic rings. The molecule has 3 aromatic rings. The Morgan fingerprint density at radius 2 is 1.72 bits per heavy atom. The number of piperazine rings is 1. The summed E-state index contributed by atoms with van der Waals surface area (Å²) in [7, 11) is 0. The molecule has 2 aliphatic heterocycles. The predicted molar refractivity (Wildman–Crippen MR) is 136 cm³/mol. The summed E-state index contributed by atoms with van der Waals surface area (Å²) in [5, 5.41) is 0.860. The van der Waals surface area contributed by atoms with E-state index < -0.39 is 0 Å². The van der Waals surface area contributed by atoms with Crippen molar-refractivity contribution in [2.75, 3.05) is 31.1 Å². The van der Waals surface area contributed by atoms with E-state index in [-0.39, 0.29) is 41.3 Å². The maximum absolute atomic E-state index is 13.6. The van der Waals surface area contributed by atoms with Crippen molar-refractivity contribution in [2.24, 2.45) is 5.41 Å². The number of carbonyl (C=O) groups excluding carboxylic acids is 1. The lowest BCUT2D eigenvalue weighted by Crippen LogP contribution is -2.64. The fourth-order valence-corrected chi connectivity index (χ4v) is 7.18. The number of benzene rings is 2. The van der Waals surface area contributed by atoms with E-state index in [0.717, 1.165) is 53.4 Å². The van der Waals surface area contributed by atoms with Gasteiger partial charge in [0, 0.05) is 38.1 Å². The molecule has 2 aromatic carbocycles. The number of halogens is 2. The quantitative estimate of drug-likeness (QED) is 0.477. The summed E-state index contributed by atoms with van der Waals surface area (Å²) in [5.41, 5.74) is 2.17. The number of anilines is 1. The fraction of sp³-hybridized carbons (Fsp3) is 0.481. The van der Waals surface area contributed by atoms with E-state index in [1.807, 2.05) is 30.9 Å². The van der Waals surface area contributed by atoms with E-state index in [9.17, 15) is 13.6 Å². The average Bonchev–Trinajstić information content (AvgIpc) is 3.20. The summed E-state index contributed by atoms with van der Waals surface area (Å²) in [6, 6.07) is 11.3. The van der Waals surface area contributed by atoms with Gasteiger partial charge in [-0.3, -0.25) is 9.80 Å². The summed E-state index contributed by atoms with van der Waals surface area (Å²) in [6.45, 7) is 8.22. The van der Waals surface area contributed by atoms with Crippen molar-refractivity contribution >= 4 is 32.8 Å². The van der Waals surface area contributed by atoms with Gasteiger partial charge in [0.25, 0.3) is 0 Å². The zero-order valence-corrected chi connectivity index (χ0v) is 21.3. The number of amides is 1. The molecule has 3 fully saturated rings. The number of nitrogens with zero attached hydrogens (tertiary/aromatic N) is 4. The van der Waals surface area contributed by atoms with Crippen molar-refractivity contribution in [3.63, 3.8) is 0 Å². The molecule has 1 saturated carbocycles. The summed E-state index contributed by atoms with van der Waals surface area (Å²) in [5.74, 6) is -0.465. The number of ether oxygens (including phenoxy) is 1. The molecule has 1 amide bonds. The first-order valence-corrected chi connectivity index (χ1v) is 13.4. The topological polar surface area (TPSA) is 48.9 Å². The van der Waals surface area contributed by atoms with Gasteiger partial charge in [-0.05, 0) is 62.6 Å². The minimum absolute atomic E-state index is 0.0195. The molecule has 36 heavy (non-hydrogen) atoms. The van der Waals surface area contributed by atoms with Gasteiger partial charge in [0.15, 0.2) is 5.13 Å². The standard InChI is InChI=1S/C27H30F2N4O2S/c1-17-12-32(25-30-23-8-7-21(29)9-24(23)36-25)13-18(2)33(17)26(34)35-22-10-27(11-22)15-31(16-27)14-19-3-5-20(28)6-4-19/h3-9,17-18,22H,10-16H2,1-2H3/t17-,18+. The van der Waals surface area contributed by atoms with Crippen LogP contribution in [-0.2, 0) is 11.3 Å². The Labute approximate surface area is 213 Å². The first-order valence-electron chi connectivity index (χ1n) is 12.5. The van der Waals surface area contributed by atoms with Crippen LogP contribution in [0.25, 0.3) is 10.2 Å². The Morgan fingerprint density at radius 1 is 1.06 bits per heavy atom. The molecule has 190 valence electrons. The smallest absolute Gasteiger partial charge is 0.410 e. The Balaban J connectivity index is 0.996. The monoisotopic (exact) mass is 512 g/mol. The SMILES string of the molecule is C[C@@H]1CN(c2nc3ccc(F)cc3s2)C[C@H](C)N1C(=O)OC1CC2(C1)CN(Cc1ccc(F)cc1)C2. The van der Waals surface area contributed by atoms with Crippen LogP contribution < -0.4 is 4.90 Å². The van der Waals surface area contributed by atoms with Gasteiger partial charge in [-0.2, -0.15) is 0 Å². The molecule has 0 N–H and O–H groups in total. The number of hydrogen-bond donors (Lipinski definition) is 0. The van der Waals surface area contributed by atoms with Gasteiger partial charge < -0.3 is 9.64 Å². The summed E-state index contributed by atoms with van der Waals surface area (Å²) >= 11 is 1.48. The number of carbonyl (C=O) groups is 1. The first kappa shape index (κ1) is 23.6. The zero-order valence-electron chi connectivity index (χ0n) is 20.5. The van der Waals surface area contributed by atoms with E-state index in [1.165, 1.54) is 35.6 Å². The van der Waals surface area contributed by atoms with Crippen LogP contribution in [0.4, 0.5) is 18.7 Å². The summed E-state index contributed by atoms with van der Waals surface area (Å²) in [6.07, 6.45) is 1.55. The molecule has 6 nitrogen and oxygen atoms in total. The van der Waals surface area contributed by atoms with Gasteiger partial charge in [-0.1, -0.05) is 23.5 Å². The number of aromatic nitrogens is 1. The summed E-state index contributed by atoms with van der Waals surface area (Å²) in [4.78, 5) is 24.2. The minimum atomic E-state index is -0.257. The van der Waals surface area contributed by atoms with Gasteiger partial charge in [-0.25, -0.2) is 18.6 Å². The largest absolute Gasteiger partial charge is 0.446 e. The van der Waals surface area contributed by atoms with Gasteiger partial charge >= 0.3 is 6.09 Å². The molecular formula is C27H30F2N4O2S. The normalized spacial score (nSPS) is 24.1. The molecule has 1 aromatic heterocycles. The van der Waals surface area contributed by atoms with Gasteiger partial charge in [0.1, 0.15) is 17.7 Å². The van der Waals surface area contributed by atoms with Crippen LogP contribution in [0.15, 0.2) is 42.5 Å². The highest BCUT2D eigenvalue weighted by Crippen LogP contribution is 2.50. The molecule has 2 saturated heterocycles. The second kappa shape index (κ2) is 8.95. The zero-order chi connectivity index (χ0) is 25.0. The molecule has 2 atom stereocenters. The van der Waals surface area contributed by atoms with Crippen LogP contribution in [0.2, 0.25) is 0 Å². The number of likely N-dealkylation sites (tertiary alicyclic amines) is 1. The van der Waals surface area contributed by atoms with Gasteiger partial charge in [-0.15, -0.1) is 0 Å². The average molecular weight is 513 g/mol. The predicted octanol–water partition coefficient (Wildman–Crippen LogP) is 5.27. The van der Waals surface area contributed by atoms with Gasteiger partial charge in [0.2, 0.25) is 0 Å². The van der Waals surface area contributed by atoms with Crippen LogP contribution in [0, 0.1) is 17.0 Å². The van der Waals surface area contributed by atoms with Crippen LogP contribution in [0.3, 0.4) is 0 Å². The highest BCUT2D eigenvalue weighted by atomic mass is 32.1. The van der Waals surface area contributed by atoms with E-state index in [1.54, 1.807) is 6.07 Å². The van der Waals surface area contributed by atoms with Crippen LogP contribution in [0.1, 0.15) is 32.3 Å². The third-order valence-electron chi connectivity index (χ3n) is 7.77. The molecule has 0 unspecified atom stereocenters. The molecular weight excluding hydrogens is 482 g/mol. The van der Waals surface area contributed by atoms with E-state index in [4.69, 9.17) is 4.74 Å². The van der Waals surface area contributed by atoms with E-state index >= 15 is 0 Å². The third-order valence-corrected chi connectivity index (χ3v) is 8.84. The lowest BCUT2D eigenvalue weighted by Gasteiger charge is -2.58. The van der Waals surface area contributed by atoms with Crippen molar-refractivity contribution in [1.82, 2.24) is 14.8 Å². The van der Waals surface area contributed by atoms with E-state index in [2.05, 4.69) is 14.8 Å². The lowest BCUT2D eigenvalue weighted by molar-refractivity contribution is -0.137. The first-order chi connectivity index (χ1) is 17.3. The molecule has 9 heteroatoms. The molecule has 0 radical (unpaired) electrons. The fourth-order valence-electron chi connectivity index (χ4n) is 6.17. The Kier molecular flexibility index (Phi) is 5.87. The summed E-state index contributed by atoms with van der Waals surface area (Å²) < 4.78 is 33.4. The van der Waals surface area contributed by atoms with Crippen molar-refractivity contribution in [1.29, 1.82) is 0 Å². The second-order valence-corrected chi connectivity index (χ2v) is 11.8. The molecule has 6 rings (SSSR count). The van der Waals surface area contributed by atoms with Crippen molar-refractivity contribution < 1.29 is 18.3 Å².